The van der Waals surface area contributed by atoms with Gasteiger partial charge in [0.1, 0.15) is 95.4 Å². The Hall–Kier alpha value is -3.75. The predicted octanol–water partition coefficient (Wildman–Crippen LogP) is -4.95. The van der Waals surface area contributed by atoms with Crippen molar-refractivity contribution in [1.82, 2.24) is 0 Å². The maximum absolute atomic E-state index is 14.2. The zero-order valence-electron chi connectivity index (χ0n) is 27.8. The average molecular weight is 773 g/mol. The first kappa shape index (κ1) is 39.9. The number of phenolic OH excluding ortho intramolecular Hbond substituents is 2. The third-order valence-corrected chi connectivity index (χ3v) is 9.33. The zero-order valence-corrected chi connectivity index (χ0v) is 27.8. The summed E-state index contributed by atoms with van der Waals surface area (Å²) in [5, 5.41) is 133. The first-order valence-corrected chi connectivity index (χ1v) is 16.5. The highest BCUT2D eigenvalue weighted by Crippen LogP contribution is 2.39. The van der Waals surface area contributed by atoms with Crippen LogP contribution in [0.1, 0.15) is 0 Å². The highest BCUT2D eigenvalue weighted by Gasteiger charge is 2.52. The quantitative estimate of drug-likeness (QED) is 0.0918. The van der Waals surface area contributed by atoms with Crippen LogP contribution in [0.4, 0.5) is 0 Å². The van der Waals surface area contributed by atoms with Gasteiger partial charge in [0.15, 0.2) is 18.2 Å². The van der Waals surface area contributed by atoms with Crippen molar-refractivity contribution in [2.75, 3.05) is 19.8 Å². The number of benzene rings is 2. The van der Waals surface area contributed by atoms with Gasteiger partial charge in [0.25, 0.3) is 0 Å². The second-order valence-electron chi connectivity index (χ2n) is 12.9. The topological polar surface area (TPSA) is 349 Å². The largest absolute Gasteiger partial charge is 0.508 e. The lowest BCUT2D eigenvalue weighted by Gasteiger charge is -2.45. The number of ether oxygens (including phenoxy) is 6. The Morgan fingerprint density at radius 1 is 0.593 bits per heavy atom. The lowest BCUT2D eigenvalue weighted by Crippen LogP contribution is -2.65. The summed E-state index contributed by atoms with van der Waals surface area (Å²) in [5.74, 6) is -2.38. The molecule has 15 atom stereocenters. The van der Waals surface area contributed by atoms with E-state index in [4.69, 9.17) is 32.8 Å². The smallest absolute Gasteiger partial charge is 0.239 e. The van der Waals surface area contributed by atoms with Crippen LogP contribution >= 0.6 is 0 Å². The molecular formula is C33H40O21. The summed E-state index contributed by atoms with van der Waals surface area (Å²) < 4.78 is 39.6. The minimum Gasteiger partial charge on any atom is -0.508 e. The molecule has 0 aliphatic carbocycles. The van der Waals surface area contributed by atoms with Crippen molar-refractivity contribution in [1.29, 1.82) is 0 Å². The molecule has 1 aromatic heterocycles. The van der Waals surface area contributed by atoms with Crippen LogP contribution < -0.4 is 14.9 Å². The van der Waals surface area contributed by atoms with Gasteiger partial charge in [0.2, 0.25) is 23.8 Å². The molecule has 21 heteroatoms. The number of hydrogen-bond donors (Lipinski definition) is 13. The monoisotopic (exact) mass is 772 g/mol. The Morgan fingerprint density at radius 3 is 1.69 bits per heavy atom. The van der Waals surface area contributed by atoms with Crippen molar-refractivity contribution >= 4 is 11.0 Å². The molecule has 3 saturated heterocycles. The molecule has 6 rings (SSSR count). The molecule has 298 valence electrons. The fraction of sp³-hybridized carbons (Fsp3) is 0.545. The van der Waals surface area contributed by atoms with Crippen LogP contribution in [0, 0.1) is 0 Å². The average Bonchev–Trinajstić information content (AvgIpc) is 3.15. The van der Waals surface area contributed by atoms with Gasteiger partial charge in [-0.15, -0.1) is 0 Å². The molecule has 0 bridgehead atoms. The summed E-state index contributed by atoms with van der Waals surface area (Å²) in [6.45, 7) is -2.48. The van der Waals surface area contributed by atoms with Gasteiger partial charge in [0, 0.05) is 17.7 Å². The molecule has 13 N–H and O–H groups in total. The Balaban J connectivity index is 1.41. The third-order valence-electron chi connectivity index (χ3n) is 9.33. The molecule has 3 fully saturated rings. The van der Waals surface area contributed by atoms with Crippen LogP contribution in [0.5, 0.6) is 23.0 Å². The van der Waals surface area contributed by atoms with Gasteiger partial charge < -0.3 is 99.2 Å². The lowest BCUT2D eigenvalue weighted by molar-refractivity contribution is -0.358. The molecule has 3 aromatic rings. The van der Waals surface area contributed by atoms with Gasteiger partial charge in [-0.05, 0) is 24.3 Å². The summed E-state index contributed by atoms with van der Waals surface area (Å²) in [5.41, 5.74) is -1.38. The molecule has 3 aliphatic rings. The van der Waals surface area contributed by atoms with E-state index in [9.17, 15) is 71.2 Å². The summed E-state index contributed by atoms with van der Waals surface area (Å²) in [6, 6.07) is 7.07. The van der Waals surface area contributed by atoms with Crippen LogP contribution in [0.2, 0.25) is 0 Å². The van der Waals surface area contributed by atoms with Gasteiger partial charge in [-0.25, -0.2) is 0 Å². The van der Waals surface area contributed by atoms with E-state index in [1.165, 1.54) is 24.3 Å². The number of aliphatic hydroxyl groups is 11. The van der Waals surface area contributed by atoms with Crippen molar-refractivity contribution in [2.24, 2.45) is 0 Å². The van der Waals surface area contributed by atoms with E-state index in [0.29, 0.717) is 0 Å². The Kier molecular flexibility index (Phi) is 11.9. The second-order valence-corrected chi connectivity index (χ2v) is 12.9. The number of hydrogen-bond acceptors (Lipinski definition) is 21. The van der Waals surface area contributed by atoms with E-state index in [0.717, 1.165) is 12.1 Å². The van der Waals surface area contributed by atoms with Crippen LogP contribution in [0.3, 0.4) is 0 Å². The number of aromatic hydroxyl groups is 2. The number of aliphatic hydroxyl groups excluding tert-OH is 11. The predicted molar refractivity (Wildman–Crippen MR) is 173 cm³/mol. The van der Waals surface area contributed by atoms with Crippen LogP contribution in [0.15, 0.2) is 45.6 Å². The first-order valence-electron chi connectivity index (χ1n) is 16.5. The van der Waals surface area contributed by atoms with E-state index in [2.05, 4.69) is 0 Å². The second kappa shape index (κ2) is 16.2. The van der Waals surface area contributed by atoms with E-state index < -0.39 is 140 Å². The minimum absolute atomic E-state index is 0.0723. The molecule has 0 radical (unpaired) electrons. The molecule has 0 saturated carbocycles. The summed E-state index contributed by atoms with van der Waals surface area (Å²) in [4.78, 5) is 14.2. The maximum Gasteiger partial charge on any atom is 0.239 e. The molecule has 4 heterocycles. The maximum atomic E-state index is 14.2. The summed E-state index contributed by atoms with van der Waals surface area (Å²) in [6.07, 6.45) is -26.7. The zero-order chi connectivity index (χ0) is 39.2. The molecule has 54 heavy (non-hydrogen) atoms. The molecule has 0 spiro atoms. The highest BCUT2D eigenvalue weighted by atomic mass is 16.8. The van der Waals surface area contributed by atoms with Crippen LogP contribution in [-0.2, 0) is 18.9 Å². The van der Waals surface area contributed by atoms with Crippen molar-refractivity contribution in [2.45, 2.75) is 92.1 Å². The number of fused-ring (bicyclic) bond motifs is 1. The van der Waals surface area contributed by atoms with Crippen LogP contribution in [-0.4, -0.2) is 178 Å². The summed E-state index contributed by atoms with van der Waals surface area (Å²) >= 11 is 0. The van der Waals surface area contributed by atoms with E-state index in [-0.39, 0.29) is 22.6 Å². The molecule has 0 amide bonds. The van der Waals surface area contributed by atoms with E-state index in [1.54, 1.807) is 0 Å². The fourth-order valence-corrected chi connectivity index (χ4v) is 6.28. The van der Waals surface area contributed by atoms with Crippen molar-refractivity contribution in [3.05, 3.63) is 46.6 Å². The molecule has 0 unspecified atom stereocenters. The summed E-state index contributed by atoms with van der Waals surface area (Å²) in [7, 11) is 0. The van der Waals surface area contributed by atoms with Crippen molar-refractivity contribution in [3.63, 3.8) is 0 Å². The Labute approximate surface area is 303 Å². The molecule has 2 aromatic carbocycles. The SMILES string of the molecule is O=c1c(O[C@@H]2O[C@H](CO)[C@@H](O)[C@H](O)[C@H]2O[C@@H]2O[C@H](CO)[C@@H](O)[C@H](O)[C@H]2O)c(-c2ccc(O)cc2)oc2cc(O[C@H]3O[C@H](CO)[C@@H](O)[C@H](O)[C@H]3O)cc(O)c12. The molecule has 21 nitrogen and oxygen atoms in total. The van der Waals surface area contributed by atoms with E-state index in [1.807, 2.05) is 0 Å². The van der Waals surface area contributed by atoms with Crippen molar-refractivity contribution in [3.8, 4) is 34.3 Å². The van der Waals surface area contributed by atoms with Gasteiger partial charge in [-0.1, -0.05) is 0 Å². The third kappa shape index (κ3) is 7.45. The first-order chi connectivity index (χ1) is 25.7. The van der Waals surface area contributed by atoms with Gasteiger partial charge in [-0.3, -0.25) is 4.79 Å². The molecule has 3 aliphatic heterocycles. The Morgan fingerprint density at radius 2 is 1.11 bits per heavy atom. The van der Waals surface area contributed by atoms with Gasteiger partial charge in [0.05, 0.1) is 19.8 Å². The van der Waals surface area contributed by atoms with E-state index >= 15 is 0 Å². The molecular weight excluding hydrogens is 732 g/mol. The van der Waals surface area contributed by atoms with Gasteiger partial charge in [-0.2, -0.15) is 0 Å². The Bertz CT molecular complexity index is 1800. The number of phenols is 2. The fourth-order valence-electron chi connectivity index (χ4n) is 6.28. The normalized spacial score (nSPS) is 37.3. The lowest BCUT2D eigenvalue weighted by atomic mass is 9.97. The van der Waals surface area contributed by atoms with Crippen LogP contribution in [0.25, 0.3) is 22.3 Å². The van der Waals surface area contributed by atoms with Gasteiger partial charge >= 0.3 is 0 Å². The minimum atomic E-state index is -2.01. The number of rotatable bonds is 10. The van der Waals surface area contributed by atoms with Crippen molar-refractivity contribution < 1.29 is 99.2 Å². The highest BCUT2D eigenvalue weighted by molar-refractivity contribution is 5.88. The standard InChI is InChI=1S/C33H40O21/c34-7-15-19(39)23(43)26(46)31(50-15)48-12-5-13(38)18-14(6-12)49-28(10-1-3-11(37)4-2-10)29(22(18)42)53-33-30(25(45)21(41)17(9-36)52-33)54-32-27(47)24(44)20(40)16(8-35)51-32/h1-6,15-17,19-21,23-27,30-41,43-47H,7-9H2/t15-,16-,17-,19-,20-,21-,23+,24+,25+,26-,27-,30-,31+,32+,33+/m1/s1.